The van der Waals surface area contributed by atoms with Crippen LogP contribution >= 0.6 is 15.9 Å². The molecule has 7 rings (SSSR count). The van der Waals surface area contributed by atoms with Gasteiger partial charge in [0, 0.05) is 45.8 Å². The molecule has 0 amide bonds. The van der Waals surface area contributed by atoms with Gasteiger partial charge in [-0.3, -0.25) is 8.80 Å². The minimum absolute atomic E-state index is 0. The van der Waals surface area contributed by atoms with Crippen LogP contribution in [-0.2, 0) is 21.7 Å². The summed E-state index contributed by atoms with van der Waals surface area (Å²) >= 11 is 3.07. The average molecular weight is 999 g/mol. The average Bonchev–Trinajstić information content (AvgIpc) is 3.83. The number of alkyl halides is 12. The molecule has 0 saturated carbocycles. The lowest BCUT2D eigenvalue weighted by molar-refractivity contribution is -0.155. The van der Waals surface area contributed by atoms with Gasteiger partial charge in [-0.25, -0.2) is 18.7 Å². The van der Waals surface area contributed by atoms with Gasteiger partial charge < -0.3 is 18.8 Å². The van der Waals surface area contributed by atoms with Crippen molar-refractivity contribution in [3.05, 3.63) is 88.9 Å². The quantitative estimate of drug-likeness (QED) is 0.118. The molecule has 0 spiro atoms. The normalized spacial score (nSPS) is 14.8. The van der Waals surface area contributed by atoms with Crippen molar-refractivity contribution in [1.29, 1.82) is 0 Å². The molecule has 28 heteroatoms. The van der Waals surface area contributed by atoms with E-state index >= 15 is 0 Å². The zero-order valence-electron chi connectivity index (χ0n) is 31.6. The van der Waals surface area contributed by atoms with Crippen LogP contribution in [0.15, 0.2) is 65.7 Å². The Hall–Kier alpha value is -5.38. The maximum atomic E-state index is 13.9. The van der Waals surface area contributed by atoms with Crippen molar-refractivity contribution in [3.63, 3.8) is 0 Å². The monoisotopic (exact) mass is 998 g/mol. The first kappa shape index (κ1) is 53.0. The van der Waals surface area contributed by atoms with Gasteiger partial charge in [0.05, 0.1) is 11.2 Å². The molecule has 1 saturated heterocycles. The maximum absolute atomic E-state index is 13.9. The molecular weight excluding hydrogens is 965 g/mol. The lowest BCUT2D eigenvalue weighted by atomic mass is 9.80. The summed E-state index contributed by atoms with van der Waals surface area (Å²) in [5, 5.41) is 12.9. The SMILES string of the molecule is C.C.CC1(C)OB(c2cnc(OCC(F)(F)F)c(F)c2)OC1(C)C.FC(F)(F)c1nnc2ccc(Br)cn12.Fc1cc(-c2ccc3nnc(C(F)(F)F)n3c2)cnc1OCC(F)(F)F. The second-order valence-electron chi connectivity index (χ2n) is 13.7. The molecule has 0 aliphatic carbocycles. The number of halogens is 15. The third-order valence-corrected chi connectivity index (χ3v) is 8.98. The molecule has 6 aromatic heterocycles. The number of pyridine rings is 4. The lowest BCUT2D eigenvalue weighted by Crippen LogP contribution is -2.41. The molecule has 0 unspecified atom stereocenters. The fourth-order valence-electron chi connectivity index (χ4n) is 4.96. The summed E-state index contributed by atoms with van der Waals surface area (Å²) in [4.78, 5) is 7.00. The lowest BCUT2D eigenvalue weighted by Gasteiger charge is -2.32. The van der Waals surface area contributed by atoms with E-state index in [1.54, 1.807) is 6.07 Å². The molecule has 7 heterocycles. The Morgan fingerprint density at radius 3 is 1.48 bits per heavy atom. The molecule has 0 N–H and O–H groups in total. The topological polar surface area (TPSA) is 123 Å². The fourth-order valence-corrected chi connectivity index (χ4v) is 5.29. The van der Waals surface area contributed by atoms with Gasteiger partial charge in [-0.05, 0) is 80.0 Å². The first-order valence-electron chi connectivity index (χ1n) is 17.0. The molecule has 0 aromatic carbocycles. The Morgan fingerprint density at radius 2 is 1.05 bits per heavy atom. The van der Waals surface area contributed by atoms with Crippen molar-refractivity contribution < 1.29 is 80.2 Å². The van der Waals surface area contributed by atoms with E-state index in [4.69, 9.17) is 9.31 Å². The van der Waals surface area contributed by atoms with Gasteiger partial charge in [-0.1, -0.05) is 14.9 Å². The van der Waals surface area contributed by atoms with E-state index in [1.165, 1.54) is 30.6 Å². The van der Waals surface area contributed by atoms with Gasteiger partial charge in [0.25, 0.3) is 11.8 Å². The molecular formula is C36H34BBrF14N8O4. The zero-order chi connectivity index (χ0) is 46.2. The Balaban J connectivity index is 0.000000261. The maximum Gasteiger partial charge on any atom is 0.496 e. The molecule has 0 radical (unpaired) electrons. The van der Waals surface area contributed by atoms with Crippen LogP contribution in [-0.4, -0.2) is 83.1 Å². The first-order valence-corrected chi connectivity index (χ1v) is 17.8. The van der Waals surface area contributed by atoms with Crippen molar-refractivity contribution >= 4 is 39.8 Å². The summed E-state index contributed by atoms with van der Waals surface area (Å²) in [5.41, 5.74) is -0.711. The largest absolute Gasteiger partial charge is 0.496 e. The van der Waals surface area contributed by atoms with Crippen LogP contribution in [0.4, 0.5) is 61.5 Å². The number of fused-ring (bicyclic) bond motifs is 2. The van der Waals surface area contributed by atoms with Gasteiger partial charge in [-0.2, -0.15) is 52.7 Å². The second-order valence-corrected chi connectivity index (χ2v) is 14.6. The third kappa shape index (κ3) is 13.1. The molecule has 1 fully saturated rings. The number of nitrogens with zero attached hydrogens (tertiary/aromatic N) is 8. The molecule has 12 nitrogen and oxygen atoms in total. The van der Waals surface area contributed by atoms with E-state index in [-0.39, 0.29) is 42.7 Å². The summed E-state index contributed by atoms with van der Waals surface area (Å²) in [6, 6.07) is 7.43. The van der Waals surface area contributed by atoms with E-state index in [0.29, 0.717) is 8.87 Å². The van der Waals surface area contributed by atoms with Crippen LogP contribution in [0.1, 0.15) is 54.2 Å². The van der Waals surface area contributed by atoms with Crippen molar-refractivity contribution in [3.8, 4) is 22.9 Å². The molecule has 64 heavy (non-hydrogen) atoms. The number of hydrogen-bond acceptors (Lipinski definition) is 10. The summed E-state index contributed by atoms with van der Waals surface area (Å²) < 4.78 is 198. The predicted octanol–water partition coefficient (Wildman–Crippen LogP) is 10.1. The van der Waals surface area contributed by atoms with E-state index in [0.717, 1.165) is 28.9 Å². The van der Waals surface area contributed by atoms with Crippen molar-refractivity contribution in [2.45, 2.75) is 78.5 Å². The molecule has 1 aliphatic heterocycles. The predicted molar refractivity (Wildman–Crippen MR) is 203 cm³/mol. The highest BCUT2D eigenvalue weighted by molar-refractivity contribution is 9.10. The van der Waals surface area contributed by atoms with E-state index in [2.05, 4.69) is 55.8 Å². The van der Waals surface area contributed by atoms with Crippen LogP contribution < -0.4 is 14.9 Å². The highest BCUT2D eigenvalue weighted by atomic mass is 79.9. The summed E-state index contributed by atoms with van der Waals surface area (Å²) in [6.07, 6.45) is -14.0. The second kappa shape index (κ2) is 19.4. The zero-order valence-corrected chi connectivity index (χ0v) is 33.2. The minimum atomic E-state index is -4.75. The number of ether oxygens (including phenoxy) is 2. The van der Waals surface area contributed by atoms with Gasteiger partial charge in [0.1, 0.15) is 0 Å². The Kier molecular flexibility index (Phi) is 16.0. The molecule has 350 valence electrons. The Labute approximate surface area is 362 Å². The molecule has 6 aromatic rings. The van der Waals surface area contributed by atoms with Gasteiger partial charge in [-0.15, -0.1) is 20.4 Å². The van der Waals surface area contributed by atoms with E-state index < -0.39 is 91.3 Å². The third-order valence-electron chi connectivity index (χ3n) is 8.52. The van der Waals surface area contributed by atoms with Crippen molar-refractivity contribution in [2.24, 2.45) is 0 Å². The van der Waals surface area contributed by atoms with E-state index in [1.807, 2.05) is 27.7 Å². The van der Waals surface area contributed by atoms with Crippen LogP contribution in [0.25, 0.3) is 22.4 Å². The highest BCUT2D eigenvalue weighted by Gasteiger charge is 2.52. The van der Waals surface area contributed by atoms with Crippen molar-refractivity contribution in [2.75, 3.05) is 13.2 Å². The highest BCUT2D eigenvalue weighted by Crippen LogP contribution is 2.37. The molecule has 0 atom stereocenters. The minimum Gasteiger partial charge on any atom is -0.466 e. The summed E-state index contributed by atoms with van der Waals surface area (Å²) in [6.45, 7) is 4.00. The van der Waals surface area contributed by atoms with Gasteiger partial charge >= 0.3 is 31.8 Å². The standard InChI is InChI=1S/C14H7F7N4O.C13H16BF4NO3.C7H3BrF3N3.2CH4/c15-9-3-8(4-22-11(9)26-6-13(16,17)18)7-1-2-10-23-24-12(14(19,20)21)25(10)5-7;1-11(2)12(3,4)22-14(21-11)8-5-9(15)10(19-6-8)20-7-13(16,17)18;8-4-1-2-5-12-13-6(7(9,10)11)14(5)3-4;;/h1-5H,6H2;5-6H,7H2,1-4H3;1-3H;2*1H4. The van der Waals surface area contributed by atoms with Crippen molar-refractivity contribution in [1.82, 2.24) is 39.2 Å². The molecule has 0 bridgehead atoms. The van der Waals surface area contributed by atoms with E-state index in [9.17, 15) is 61.5 Å². The molecule has 1 aliphatic rings. The first-order chi connectivity index (χ1) is 28.4. The number of aromatic nitrogens is 8. The number of hydrogen-bond donors (Lipinski definition) is 0. The van der Waals surface area contributed by atoms with Gasteiger partial charge in [0.2, 0.25) is 11.6 Å². The smallest absolute Gasteiger partial charge is 0.466 e. The Morgan fingerprint density at radius 1 is 0.609 bits per heavy atom. The number of rotatable bonds is 6. The van der Waals surface area contributed by atoms with Crippen LogP contribution in [0, 0.1) is 11.6 Å². The fraction of sp³-hybridized carbons (Fsp3) is 0.389. The Bertz CT molecular complexity index is 2510. The van der Waals surface area contributed by atoms with Crippen LogP contribution in [0.2, 0.25) is 0 Å². The summed E-state index contributed by atoms with van der Waals surface area (Å²) in [5.74, 6) is -6.06. The summed E-state index contributed by atoms with van der Waals surface area (Å²) in [7, 11) is -0.844. The van der Waals surface area contributed by atoms with Crippen LogP contribution in [0.5, 0.6) is 11.8 Å². The van der Waals surface area contributed by atoms with Gasteiger partial charge in [0.15, 0.2) is 36.1 Å². The van der Waals surface area contributed by atoms with Crippen LogP contribution in [0.3, 0.4) is 0 Å².